The second kappa shape index (κ2) is 8.26. The molecular weight excluding hydrogens is 332 g/mol. The fourth-order valence-electron chi connectivity index (χ4n) is 2.59. The first-order valence-corrected chi connectivity index (χ1v) is 7.75. The molecular formula is C16H22N2O7. The Bertz CT molecular complexity index is 607. The summed E-state index contributed by atoms with van der Waals surface area (Å²) in [5, 5.41) is 31.9. The molecule has 9 nitrogen and oxygen atoms in total. The molecule has 1 saturated heterocycles. The summed E-state index contributed by atoms with van der Waals surface area (Å²) in [6.45, 7) is 0.731. The van der Waals surface area contributed by atoms with Crippen LogP contribution in [-0.2, 0) is 20.7 Å². The average molecular weight is 354 g/mol. The maximum Gasteiger partial charge on any atom is 0.223 e. The second-order valence-electron chi connectivity index (χ2n) is 5.84. The predicted molar refractivity (Wildman–Crippen MR) is 85.3 cm³/mol. The van der Waals surface area contributed by atoms with Crippen LogP contribution in [0.4, 0.5) is 0 Å². The van der Waals surface area contributed by atoms with Crippen molar-refractivity contribution in [1.82, 2.24) is 5.32 Å². The van der Waals surface area contributed by atoms with Crippen LogP contribution in [0.2, 0.25) is 0 Å². The Morgan fingerprint density at radius 2 is 1.88 bits per heavy atom. The van der Waals surface area contributed by atoms with Crippen LogP contribution in [-0.4, -0.2) is 64.4 Å². The van der Waals surface area contributed by atoms with Crippen molar-refractivity contribution in [3.05, 3.63) is 29.8 Å². The minimum Gasteiger partial charge on any atom is -0.463 e. The second-order valence-corrected chi connectivity index (χ2v) is 5.84. The SMILES string of the molecule is CC(=O)NC1C(Oc2ccc(CC(N)=O)cc2)OC(CO)C(O)C1O. The summed E-state index contributed by atoms with van der Waals surface area (Å²) in [6.07, 6.45) is -4.85. The molecule has 9 heteroatoms. The van der Waals surface area contributed by atoms with Gasteiger partial charge < -0.3 is 35.8 Å². The standard InChI is InChI=1S/C16H22N2O7/c1-8(20)18-13-15(23)14(22)11(7-19)25-16(13)24-10-4-2-9(3-5-10)6-12(17)21/h2-5,11,13-16,19,22-23H,6-7H2,1H3,(H2,17,21)(H,18,20). The van der Waals surface area contributed by atoms with E-state index >= 15 is 0 Å². The highest BCUT2D eigenvalue weighted by molar-refractivity contribution is 5.76. The van der Waals surface area contributed by atoms with Crippen molar-refractivity contribution in [3.63, 3.8) is 0 Å². The molecule has 5 atom stereocenters. The largest absolute Gasteiger partial charge is 0.463 e. The molecule has 0 bridgehead atoms. The zero-order chi connectivity index (χ0) is 18.6. The summed E-state index contributed by atoms with van der Waals surface area (Å²) in [7, 11) is 0. The zero-order valence-electron chi connectivity index (χ0n) is 13.7. The molecule has 6 N–H and O–H groups in total. The fourth-order valence-corrected chi connectivity index (χ4v) is 2.59. The van der Waals surface area contributed by atoms with Crippen molar-refractivity contribution in [1.29, 1.82) is 0 Å². The number of rotatable bonds is 6. The molecule has 0 aliphatic carbocycles. The van der Waals surface area contributed by atoms with Crippen LogP contribution in [0.25, 0.3) is 0 Å². The molecule has 5 unspecified atom stereocenters. The van der Waals surface area contributed by atoms with E-state index in [2.05, 4.69) is 5.32 Å². The van der Waals surface area contributed by atoms with Crippen molar-refractivity contribution in [2.75, 3.05) is 6.61 Å². The van der Waals surface area contributed by atoms with Crippen molar-refractivity contribution in [2.24, 2.45) is 5.73 Å². The Morgan fingerprint density at radius 3 is 2.40 bits per heavy atom. The number of aliphatic hydroxyl groups excluding tert-OH is 3. The van der Waals surface area contributed by atoms with Gasteiger partial charge in [-0.25, -0.2) is 0 Å². The first-order valence-electron chi connectivity index (χ1n) is 7.75. The number of hydrogen-bond donors (Lipinski definition) is 5. The van der Waals surface area contributed by atoms with Gasteiger partial charge in [0.1, 0.15) is 30.1 Å². The number of amides is 2. The van der Waals surface area contributed by atoms with Crippen LogP contribution in [0.1, 0.15) is 12.5 Å². The molecule has 0 aromatic heterocycles. The van der Waals surface area contributed by atoms with E-state index in [4.69, 9.17) is 15.2 Å². The highest BCUT2D eigenvalue weighted by atomic mass is 16.7. The van der Waals surface area contributed by atoms with Gasteiger partial charge in [-0.3, -0.25) is 9.59 Å². The number of aliphatic hydroxyl groups is 3. The van der Waals surface area contributed by atoms with Gasteiger partial charge in [-0.15, -0.1) is 0 Å². The highest BCUT2D eigenvalue weighted by Crippen LogP contribution is 2.24. The van der Waals surface area contributed by atoms with Gasteiger partial charge >= 0.3 is 0 Å². The highest BCUT2D eigenvalue weighted by Gasteiger charge is 2.46. The van der Waals surface area contributed by atoms with Crippen LogP contribution < -0.4 is 15.8 Å². The van der Waals surface area contributed by atoms with Crippen molar-refractivity contribution < 1.29 is 34.4 Å². The van der Waals surface area contributed by atoms with E-state index in [1.54, 1.807) is 24.3 Å². The fraction of sp³-hybridized carbons (Fsp3) is 0.500. The van der Waals surface area contributed by atoms with E-state index in [0.717, 1.165) is 0 Å². The molecule has 0 radical (unpaired) electrons. The molecule has 2 rings (SSSR count). The minimum absolute atomic E-state index is 0.0895. The number of benzene rings is 1. The molecule has 1 heterocycles. The number of nitrogens with one attached hydrogen (secondary N) is 1. The number of ether oxygens (including phenoxy) is 2. The molecule has 1 aliphatic rings. The van der Waals surface area contributed by atoms with Gasteiger partial charge in [-0.1, -0.05) is 12.1 Å². The molecule has 1 fully saturated rings. The Hall–Kier alpha value is -2.20. The third kappa shape index (κ3) is 4.89. The molecule has 0 spiro atoms. The minimum atomic E-state index is -1.38. The number of hydrogen-bond acceptors (Lipinski definition) is 7. The first kappa shape index (κ1) is 19.1. The molecule has 25 heavy (non-hydrogen) atoms. The third-order valence-corrected chi connectivity index (χ3v) is 3.80. The Labute approximate surface area is 144 Å². The van der Waals surface area contributed by atoms with Gasteiger partial charge in [-0.2, -0.15) is 0 Å². The molecule has 1 aromatic carbocycles. The monoisotopic (exact) mass is 354 g/mol. The van der Waals surface area contributed by atoms with Crippen molar-refractivity contribution in [3.8, 4) is 5.75 Å². The summed E-state index contributed by atoms with van der Waals surface area (Å²) < 4.78 is 11.1. The smallest absolute Gasteiger partial charge is 0.223 e. The van der Waals surface area contributed by atoms with E-state index in [9.17, 15) is 24.9 Å². The summed E-state index contributed by atoms with van der Waals surface area (Å²) in [5.74, 6) is -0.542. The van der Waals surface area contributed by atoms with Gasteiger partial charge in [0.2, 0.25) is 18.1 Å². The molecule has 1 aliphatic heterocycles. The lowest BCUT2D eigenvalue weighted by Crippen LogP contribution is -2.65. The average Bonchev–Trinajstić information content (AvgIpc) is 2.55. The lowest BCUT2D eigenvalue weighted by atomic mass is 9.97. The lowest BCUT2D eigenvalue weighted by molar-refractivity contribution is -0.244. The number of primary amides is 1. The number of carbonyl (C=O) groups excluding carboxylic acids is 2. The van der Waals surface area contributed by atoms with E-state index < -0.39 is 49.1 Å². The van der Waals surface area contributed by atoms with Gasteiger partial charge in [0.05, 0.1) is 13.0 Å². The lowest BCUT2D eigenvalue weighted by Gasteiger charge is -2.42. The molecule has 138 valence electrons. The number of carbonyl (C=O) groups is 2. The zero-order valence-corrected chi connectivity index (χ0v) is 13.7. The van der Waals surface area contributed by atoms with Gasteiger partial charge in [0.15, 0.2) is 0 Å². The molecule has 1 aromatic rings. The van der Waals surface area contributed by atoms with Crippen molar-refractivity contribution in [2.45, 2.75) is 44.0 Å². The van der Waals surface area contributed by atoms with E-state index in [-0.39, 0.29) is 6.42 Å². The van der Waals surface area contributed by atoms with Crippen LogP contribution in [0, 0.1) is 0 Å². The van der Waals surface area contributed by atoms with Crippen LogP contribution >= 0.6 is 0 Å². The maximum atomic E-state index is 11.4. The van der Waals surface area contributed by atoms with Gasteiger partial charge in [0.25, 0.3) is 0 Å². The van der Waals surface area contributed by atoms with E-state index in [0.29, 0.717) is 11.3 Å². The molecule has 0 saturated carbocycles. The van der Waals surface area contributed by atoms with E-state index in [1.165, 1.54) is 6.92 Å². The normalized spacial score (nSPS) is 29.0. The quantitative estimate of drug-likeness (QED) is 0.398. The maximum absolute atomic E-state index is 11.4. The predicted octanol–water partition coefficient (Wildman–Crippen LogP) is -1.96. The number of nitrogens with two attached hydrogens (primary N) is 1. The Balaban J connectivity index is 2.15. The van der Waals surface area contributed by atoms with Gasteiger partial charge in [-0.05, 0) is 17.7 Å². The van der Waals surface area contributed by atoms with Crippen LogP contribution in [0.5, 0.6) is 5.75 Å². The first-order chi connectivity index (χ1) is 11.8. The van der Waals surface area contributed by atoms with Crippen LogP contribution in [0.3, 0.4) is 0 Å². The van der Waals surface area contributed by atoms with Crippen molar-refractivity contribution >= 4 is 11.8 Å². The Kier molecular flexibility index (Phi) is 6.32. The summed E-state index contributed by atoms with van der Waals surface area (Å²) in [6, 6.07) is 5.42. The van der Waals surface area contributed by atoms with E-state index in [1.807, 2.05) is 0 Å². The topological polar surface area (TPSA) is 151 Å². The summed E-state index contributed by atoms with van der Waals surface area (Å²) in [5.41, 5.74) is 5.83. The van der Waals surface area contributed by atoms with Gasteiger partial charge in [0, 0.05) is 6.92 Å². The summed E-state index contributed by atoms with van der Waals surface area (Å²) >= 11 is 0. The van der Waals surface area contributed by atoms with Crippen LogP contribution in [0.15, 0.2) is 24.3 Å². The third-order valence-electron chi connectivity index (χ3n) is 3.80. The Morgan fingerprint density at radius 1 is 1.24 bits per heavy atom. The summed E-state index contributed by atoms with van der Waals surface area (Å²) in [4.78, 5) is 22.3. The molecule has 2 amide bonds.